The van der Waals surface area contributed by atoms with Crippen molar-refractivity contribution in [3.8, 4) is 17.2 Å². The average molecular weight is 716 g/mol. The number of aromatic nitrogens is 2. The molecule has 0 radical (unpaired) electrons. The fourth-order valence-corrected chi connectivity index (χ4v) is 7.95. The van der Waals surface area contributed by atoms with Crippen molar-refractivity contribution >= 4 is 56.5 Å². The van der Waals surface area contributed by atoms with Crippen molar-refractivity contribution in [2.75, 3.05) is 19.1 Å². The molecule has 1 aliphatic heterocycles. The van der Waals surface area contributed by atoms with Crippen molar-refractivity contribution in [2.45, 2.75) is 29.7 Å². The first kappa shape index (κ1) is 33.8. The van der Waals surface area contributed by atoms with E-state index in [0.29, 0.717) is 45.1 Å². The molecule has 1 unspecified atom stereocenters. The molecule has 0 bridgehead atoms. The number of amides is 1. The number of aryl methyl sites for hydroxylation is 1. The van der Waals surface area contributed by atoms with Crippen LogP contribution in [0.15, 0.2) is 119 Å². The molecule has 2 heterocycles. The number of anilines is 1. The largest absolute Gasteiger partial charge is 0.507 e. The quantitative estimate of drug-likeness (QED) is 0.0464. The number of aliphatic hydroxyl groups is 1. The van der Waals surface area contributed by atoms with E-state index < -0.39 is 17.7 Å². The molecule has 1 N–H and O–H groups in total. The molecule has 1 fully saturated rings. The normalized spacial score (nSPS) is 15.4. The van der Waals surface area contributed by atoms with E-state index in [0.717, 1.165) is 27.5 Å². The lowest BCUT2D eigenvalue weighted by molar-refractivity contribution is -0.132. The standard InChI is InChI=1S/C40H33N3O6S2/c1-24-9-4-5-11-28(24)22-49-30-18-15-26(16-19-30)36(44)34-35(27-17-20-32(47-2)33(21-27)48-3)43(38(46)37(34)45)39-41-42-40(51-39)50-23-29-13-8-12-25-10-6-7-14-31(25)29/h4-21,35,44H,22-23H2,1-3H3/b36-34+. The van der Waals surface area contributed by atoms with Crippen molar-refractivity contribution in [1.29, 1.82) is 0 Å². The Morgan fingerprint density at radius 3 is 2.35 bits per heavy atom. The van der Waals surface area contributed by atoms with Gasteiger partial charge in [-0.25, -0.2) is 0 Å². The molecule has 6 aromatic rings. The zero-order valence-corrected chi connectivity index (χ0v) is 29.7. The first-order valence-electron chi connectivity index (χ1n) is 16.1. The summed E-state index contributed by atoms with van der Waals surface area (Å²) in [7, 11) is 3.03. The number of fused-ring (bicyclic) bond motifs is 1. The molecule has 1 saturated heterocycles. The summed E-state index contributed by atoms with van der Waals surface area (Å²) in [5.41, 5.74) is 4.12. The number of benzene rings is 5. The van der Waals surface area contributed by atoms with Gasteiger partial charge in [0, 0.05) is 11.3 Å². The minimum Gasteiger partial charge on any atom is -0.507 e. The van der Waals surface area contributed by atoms with Gasteiger partial charge in [-0.05, 0) is 76.3 Å². The molecule has 256 valence electrons. The van der Waals surface area contributed by atoms with Crippen LogP contribution in [0, 0.1) is 6.92 Å². The van der Waals surface area contributed by atoms with E-state index in [1.54, 1.807) is 42.5 Å². The lowest BCUT2D eigenvalue weighted by Gasteiger charge is -2.23. The fraction of sp³-hybridized carbons (Fsp3) is 0.150. The minimum absolute atomic E-state index is 0.0824. The van der Waals surface area contributed by atoms with Crippen LogP contribution in [0.25, 0.3) is 16.5 Å². The number of hydrogen-bond donors (Lipinski definition) is 1. The molecule has 0 spiro atoms. The second-order valence-electron chi connectivity index (χ2n) is 11.8. The van der Waals surface area contributed by atoms with Crippen LogP contribution in [0.5, 0.6) is 17.2 Å². The van der Waals surface area contributed by atoms with Gasteiger partial charge in [-0.1, -0.05) is 95.9 Å². The van der Waals surface area contributed by atoms with Gasteiger partial charge in [-0.15, -0.1) is 10.2 Å². The molecule has 51 heavy (non-hydrogen) atoms. The Hall–Kier alpha value is -5.65. The van der Waals surface area contributed by atoms with Gasteiger partial charge in [0.15, 0.2) is 15.8 Å². The molecule has 7 rings (SSSR count). The van der Waals surface area contributed by atoms with Gasteiger partial charge >= 0.3 is 5.91 Å². The van der Waals surface area contributed by atoms with E-state index in [9.17, 15) is 14.7 Å². The monoisotopic (exact) mass is 715 g/mol. The van der Waals surface area contributed by atoms with Crippen molar-refractivity contribution in [2.24, 2.45) is 0 Å². The Morgan fingerprint density at radius 1 is 0.843 bits per heavy atom. The lowest BCUT2D eigenvalue weighted by Crippen LogP contribution is -2.29. The molecule has 0 saturated carbocycles. The number of rotatable bonds is 11. The van der Waals surface area contributed by atoms with Crippen LogP contribution in [-0.4, -0.2) is 41.2 Å². The van der Waals surface area contributed by atoms with Gasteiger partial charge in [0.2, 0.25) is 5.13 Å². The highest BCUT2D eigenvalue weighted by Gasteiger charge is 2.48. The summed E-state index contributed by atoms with van der Waals surface area (Å²) in [6.45, 7) is 2.41. The predicted octanol–water partition coefficient (Wildman–Crippen LogP) is 8.51. The van der Waals surface area contributed by atoms with Gasteiger partial charge in [0.1, 0.15) is 18.1 Å². The Labute approximate surface area is 303 Å². The van der Waals surface area contributed by atoms with Crippen LogP contribution in [0.4, 0.5) is 5.13 Å². The Balaban J connectivity index is 1.21. The van der Waals surface area contributed by atoms with Gasteiger partial charge in [0.05, 0.1) is 25.8 Å². The maximum absolute atomic E-state index is 13.8. The van der Waals surface area contributed by atoms with Crippen LogP contribution < -0.4 is 19.1 Å². The molecule has 5 aromatic carbocycles. The molecular formula is C40H33N3O6S2. The van der Waals surface area contributed by atoms with Crippen molar-refractivity contribution in [3.63, 3.8) is 0 Å². The van der Waals surface area contributed by atoms with E-state index in [1.165, 1.54) is 42.2 Å². The van der Waals surface area contributed by atoms with Crippen molar-refractivity contribution in [3.05, 3.63) is 143 Å². The summed E-state index contributed by atoms with van der Waals surface area (Å²) in [6.07, 6.45) is 0. The summed E-state index contributed by atoms with van der Waals surface area (Å²) < 4.78 is 17.6. The van der Waals surface area contributed by atoms with Gasteiger partial charge in [-0.2, -0.15) is 0 Å². The van der Waals surface area contributed by atoms with E-state index in [-0.39, 0.29) is 16.5 Å². The van der Waals surface area contributed by atoms with Crippen LogP contribution in [0.1, 0.15) is 33.9 Å². The number of ketones is 1. The summed E-state index contributed by atoms with van der Waals surface area (Å²) >= 11 is 2.71. The first-order valence-corrected chi connectivity index (χ1v) is 17.9. The molecule has 11 heteroatoms. The number of aliphatic hydroxyl groups excluding tert-OH is 1. The SMILES string of the molecule is COc1ccc(C2/C(=C(\O)c3ccc(OCc4ccccc4C)cc3)C(=O)C(=O)N2c2nnc(SCc3cccc4ccccc34)s2)cc1OC. The first-order chi connectivity index (χ1) is 24.9. The predicted molar refractivity (Wildman–Crippen MR) is 200 cm³/mol. The minimum atomic E-state index is -1.02. The Bertz CT molecular complexity index is 2280. The van der Waals surface area contributed by atoms with Gasteiger partial charge in [-0.3, -0.25) is 14.5 Å². The zero-order valence-electron chi connectivity index (χ0n) is 28.0. The number of methoxy groups -OCH3 is 2. The highest BCUT2D eigenvalue weighted by molar-refractivity contribution is 8.00. The molecule has 1 aliphatic rings. The second kappa shape index (κ2) is 14.7. The number of ether oxygens (including phenoxy) is 3. The number of carbonyl (C=O) groups excluding carboxylic acids is 2. The average Bonchev–Trinajstić information content (AvgIpc) is 3.74. The number of thioether (sulfide) groups is 1. The third kappa shape index (κ3) is 6.78. The van der Waals surface area contributed by atoms with Gasteiger partial charge < -0.3 is 19.3 Å². The van der Waals surface area contributed by atoms with E-state index in [2.05, 4.69) is 34.5 Å². The molecule has 1 atom stereocenters. The fourth-order valence-electron chi connectivity index (χ4n) is 6.08. The van der Waals surface area contributed by atoms with E-state index >= 15 is 0 Å². The maximum atomic E-state index is 13.8. The van der Waals surface area contributed by atoms with Crippen molar-refractivity contribution in [1.82, 2.24) is 10.2 Å². The third-order valence-corrected chi connectivity index (χ3v) is 10.9. The molecule has 9 nitrogen and oxygen atoms in total. The molecular weight excluding hydrogens is 683 g/mol. The lowest BCUT2D eigenvalue weighted by atomic mass is 9.95. The smallest absolute Gasteiger partial charge is 0.301 e. The van der Waals surface area contributed by atoms with E-state index in [1.807, 2.05) is 49.4 Å². The Kier molecular flexibility index (Phi) is 9.74. The van der Waals surface area contributed by atoms with E-state index in [4.69, 9.17) is 14.2 Å². The Morgan fingerprint density at radius 2 is 1.57 bits per heavy atom. The number of Topliss-reactive ketones (excluding diaryl/α,β-unsaturated/α-hetero) is 1. The van der Waals surface area contributed by atoms with Crippen LogP contribution in [-0.2, 0) is 21.9 Å². The zero-order chi connectivity index (χ0) is 35.5. The summed E-state index contributed by atoms with van der Waals surface area (Å²) in [5.74, 6) is 0.120. The van der Waals surface area contributed by atoms with Crippen LogP contribution >= 0.6 is 23.1 Å². The summed E-state index contributed by atoms with van der Waals surface area (Å²) in [6, 6.07) is 33.2. The van der Waals surface area contributed by atoms with Gasteiger partial charge in [0.25, 0.3) is 5.78 Å². The van der Waals surface area contributed by atoms with Crippen LogP contribution in [0.3, 0.4) is 0 Å². The highest BCUT2D eigenvalue weighted by atomic mass is 32.2. The highest BCUT2D eigenvalue weighted by Crippen LogP contribution is 2.46. The molecule has 1 aromatic heterocycles. The number of hydrogen-bond acceptors (Lipinski definition) is 10. The topological polar surface area (TPSA) is 111 Å². The second-order valence-corrected chi connectivity index (χ2v) is 14.0. The maximum Gasteiger partial charge on any atom is 0.301 e. The summed E-state index contributed by atoms with van der Waals surface area (Å²) in [4.78, 5) is 29.0. The number of nitrogens with zero attached hydrogens (tertiary/aromatic N) is 3. The molecule has 0 aliphatic carbocycles. The number of carbonyl (C=O) groups is 2. The summed E-state index contributed by atoms with van der Waals surface area (Å²) in [5, 5.41) is 23.0. The van der Waals surface area contributed by atoms with Crippen molar-refractivity contribution < 1.29 is 28.9 Å². The van der Waals surface area contributed by atoms with Crippen LogP contribution in [0.2, 0.25) is 0 Å². The third-order valence-electron chi connectivity index (χ3n) is 8.78. The molecule has 1 amide bonds.